The number of aromatic nitrogens is 2. The minimum Gasteiger partial charge on any atom is -0.479 e. The van der Waals surface area contributed by atoms with Gasteiger partial charge in [-0.3, -0.25) is 0 Å². The zero-order chi connectivity index (χ0) is 41.1. The minimum absolute atomic E-state index is 0.0313. The molecule has 6 rings (SSSR count). The van der Waals surface area contributed by atoms with Crippen LogP contribution in [0.1, 0.15) is 36.1 Å². The summed E-state index contributed by atoms with van der Waals surface area (Å²) < 4.78 is 96.1. The van der Waals surface area contributed by atoms with E-state index in [9.17, 15) is 46.1 Å². The fourth-order valence-corrected chi connectivity index (χ4v) is 6.46. The number of nitrogens with two attached hydrogens (primary N) is 2. The summed E-state index contributed by atoms with van der Waals surface area (Å²) in [7, 11) is 0. The maximum Gasteiger partial charge on any atom is 0.432 e. The second-order valence-electron chi connectivity index (χ2n) is 12.7. The number of carboxylic acid groups (broad SMARTS) is 1. The lowest BCUT2D eigenvalue weighted by Gasteiger charge is -2.31. The molecule has 4 aromatic carbocycles. The van der Waals surface area contributed by atoms with Crippen molar-refractivity contribution >= 4 is 45.1 Å². The number of nitrogens with zero attached hydrogens (tertiary/aromatic N) is 2. The summed E-state index contributed by atoms with van der Waals surface area (Å²) in [5, 5.41) is 20.2. The predicted molar refractivity (Wildman–Crippen MR) is 197 cm³/mol. The van der Waals surface area contributed by atoms with Gasteiger partial charge in [-0.25, -0.2) is 9.59 Å². The van der Waals surface area contributed by atoms with Crippen molar-refractivity contribution in [1.82, 2.24) is 9.13 Å². The maximum atomic E-state index is 14.0. The number of carbonyl (C=O) groups is 2. The molecule has 6 aromatic rings. The van der Waals surface area contributed by atoms with Crippen molar-refractivity contribution in [3.8, 4) is 0 Å². The number of hydrogen-bond acceptors (Lipinski definition) is 7. The summed E-state index contributed by atoms with van der Waals surface area (Å²) >= 11 is 0. The van der Waals surface area contributed by atoms with Crippen LogP contribution in [0.15, 0.2) is 109 Å². The molecule has 0 saturated carbocycles. The summed E-state index contributed by atoms with van der Waals surface area (Å²) in [5.74, 6) is -3.90. The van der Waals surface area contributed by atoms with E-state index < -0.39 is 53.2 Å². The van der Waals surface area contributed by atoms with Crippen LogP contribution in [0.25, 0.3) is 21.8 Å². The second-order valence-corrected chi connectivity index (χ2v) is 12.7. The molecule has 2 unspecified atom stereocenters. The number of esters is 1. The number of halogens is 6. The molecule has 56 heavy (non-hydrogen) atoms. The van der Waals surface area contributed by atoms with Crippen molar-refractivity contribution in [2.75, 3.05) is 24.7 Å². The van der Waals surface area contributed by atoms with Gasteiger partial charge >= 0.3 is 24.3 Å². The molecular weight excluding hydrogens is 746 g/mol. The minimum atomic E-state index is -5.28. The number of nitrogen functional groups attached to an aromatic ring is 2. The van der Waals surface area contributed by atoms with Crippen molar-refractivity contribution < 1.29 is 55.6 Å². The molecule has 0 aliphatic heterocycles. The van der Waals surface area contributed by atoms with E-state index in [2.05, 4.69) is 4.74 Å². The van der Waals surface area contributed by atoms with Crippen LogP contribution < -0.4 is 11.5 Å². The highest BCUT2D eigenvalue weighted by Crippen LogP contribution is 2.47. The van der Waals surface area contributed by atoms with E-state index in [0.717, 1.165) is 17.3 Å². The molecule has 0 amide bonds. The van der Waals surface area contributed by atoms with Gasteiger partial charge in [0.15, 0.2) is 0 Å². The van der Waals surface area contributed by atoms with Gasteiger partial charge in [0.05, 0.1) is 6.61 Å². The number of benzene rings is 4. The quantitative estimate of drug-likeness (QED) is 0.0591. The third-order valence-electron chi connectivity index (χ3n) is 9.01. The number of anilines is 2. The lowest BCUT2D eigenvalue weighted by molar-refractivity contribution is -0.279. The van der Waals surface area contributed by atoms with Gasteiger partial charge in [-0.05, 0) is 61.4 Å². The average Bonchev–Trinajstić information content (AvgIpc) is 3.67. The first-order chi connectivity index (χ1) is 26.4. The first-order valence-electron chi connectivity index (χ1n) is 17.1. The van der Waals surface area contributed by atoms with Crippen molar-refractivity contribution in [1.29, 1.82) is 0 Å². The molecule has 2 aromatic heterocycles. The van der Waals surface area contributed by atoms with Gasteiger partial charge < -0.3 is 40.3 Å². The zero-order valence-corrected chi connectivity index (χ0v) is 30.1. The number of hydrogen-bond donors (Lipinski definition) is 4. The topological polar surface area (TPSA) is 155 Å². The fraction of sp³-hybridized carbons (Fsp3) is 0.250. The average molecular weight is 785 g/mol. The number of carbonyl (C=O) groups excluding carboxylic acids is 1. The largest absolute Gasteiger partial charge is 0.479 e. The number of fused-ring (bicyclic) bond motifs is 2. The molecule has 0 bridgehead atoms. The monoisotopic (exact) mass is 784 g/mol. The number of aliphatic hydroxyl groups is 1. The van der Waals surface area contributed by atoms with Crippen LogP contribution >= 0.6 is 0 Å². The third-order valence-corrected chi connectivity index (χ3v) is 9.01. The van der Waals surface area contributed by atoms with E-state index in [1.807, 2.05) is 60.7 Å². The molecular formula is C40H38F6N4O6. The highest BCUT2D eigenvalue weighted by Gasteiger charge is 2.65. The number of rotatable bonds is 11. The lowest BCUT2D eigenvalue weighted by Crippen LogP contribution is -2.51. The zero-order valence-electron chi connectivity index (χ0n) is 30.1. The smallest absolute Gasteiger partial charge is 0.432 e. The molecule has 16 heteroatoms. The van der Waals surface area contributed by atoms with Gasteiger partial charge in [0, 0.05) is 76.4 Å². The molecule has 6 N–H and O–H groups in total. The molecule has 0 spiro atoms. The number of carboxylic acids is 1. The Morgan fingerprint density at radius 1 is 0.661 bits per heavy atom. The Kier molecular flexibility index (Phi) is 11.8. The van der Waals surface area contributed by atoms with Crippen LogP contribution in [0.5, 0.6) is 0 Å². The van der Waals surface area contributed by atoms with Gasteiger partial charge in [0.2, 0.25) is 0 Å². The standard InChI is InChI=1S/2C20H19F3N2O3/c1-2-28-18(26)19(27,20(21,22)23)16-12-25(11-13-6-4-3-5-7-13)17-9-8-14(24)10-15(16)17;1-2-28-19(18(26)27,20(21,22)23)16-12-25(11-13-6-4-3-5-7-13)17-9-8-14(24)10-15(16)17/h3-10,12,27H,2,11,24H2,1H3;3-10,12H,2,11,24H2,1H3,(H,26,27). The van der Waals surface area contributed by atoms with Gasteiger partial charge in [-0.2, -0.15) is 26.3 Å². The van der Waals surface area contributed by atoms with Crippen LogP contribution in [0.2, 0.25) is 0 Å². The van der Waals surface area contributed by atoms with E-state index in [4.69, 9.17) is 16.2 Å². The molecule has 296 valence electrons. The van der Waals surface area contributed by atoms with Crippen LogP contribution in [0, 0.1) is 0 Å². The molecule has 2 atom stereocenters. The highest BCUT2D eigenvalue weighted by atomic mass is 19.4. The van der Waals surface area contributed by atoms with E-state index >= 15 is 0 Å². The van der Waals surface area contributed by atoms with E-state index in [0.29, 0.717) is 11.0 Å². The normalized spacial score (nSPS) is 14.1. The summed E-state index contributed by atoms with van der Waals surface area (Å²) in [4.78, 5) is 24.0. The molecule has 0 aliphatic rings. The molecule has 10 nitrogen and oxygen atoms in total. The Balaban J connectivity index is 0.000000214. The Hall–Kier alpha value is -6.00. The molecule has 0 radical (unpaired) electrons. The summed E-state index contributed by atoms with van der Waals surface area (Å²) in [5.41, 5.74) is 6.09. The first-order valence-corrected chi connectivity index (χ1v) is 17.1. The first kappa shape index (κ1) is 41.2. The Bertz CT molecular complexity index is 2330. The van der Waals surface area contributed by atoms with Gasteiger partial charge in [0.1, 0.15) is 0 Å². The molecule has 0 saturated heterocycles. The van der Waals surface area contributed by atoms with Crippen LogP contribution in [-0.4, -0.2) is 56.9 Å². The Morgan fingerprint density at radius 2 is 1.11 bits per heavy atom. The number of alkyl halides is 6. The molecule has 2 heterocycles. The maximum absolute atomic E-state index is 14.0. The second kappa shape index (κ2) is 16.0. The van der Waals surface area contributed by atoms with E-state index in [-0.39, 0.29) is 41.8 Å². The van der Waals surface area contributed by atoms with Crippen molar-refractivity contribution in [2.24, 2.45) is 0 Å². The third kappa shape index (κ3) is 7.75. The fourth-order valence-electron chi connectivity index (χ4n) is 6.46. The van der Waals surface area contributed by atoms with E-state index in [1.54, 1.807) is 28.8 Å². The van der Waals surface area contributed by atoms with Gasteiger partial charge in [-0.1, -0.05) is 60.7 Å². The Morgan fingerprint density at radius 3 is 1.50 bits per heavy atom. The van der Waals surface area contributed by atoms with Crippen LogP contribution in [-0.2, 0) is 43.4 Å². The summed E-state index contributed by atoms with van der Waals surface area (Å²) in [6.07, 6.45) is -8.14. The Labute approximate surface area is 316 Å². The van der Waals surface area contributed by atoms with Crippen LogP contribution in [0.3, 0.4) is 0 Å². The van der Waals surface area contributed by atoms with Crippen LogP contribution in [0.4, 0.5) is 37.7 Å². The summed E-state index contributed by atoms with van der Waals surface area (Å²) in [6.45, 7) is 2.47. The van der Waals surface area contributed by atoms with Crippen molar-refractivity contribution in [3.05, 3.63) is 132 Å². The molecule has 0 aliphatic carbocycles. The van der Waals surface area contributed by atoms with Crippen molar-refractivity contribution in [3.63, 3.8) is 0 Å². The summed E-state index contributed by atoms with van der Waals surface area (Å²) in [6, 6.07) is 27.1. The van der Waals surface area contributed by atoms with Gasteiger partial charge in [0.25, 0.3) is 11.2 Å². The number of aliphatic carboxylic acids is 1. The predicted octanol–water partition coefficient (Wildman–Crippen LogP) is 7.74. The lowest BCUT2D eigenvalue weighted by atomic mass is 9.92. The SMILES string of the molecule is CCOC(=O)C(O)(c1cn(Cc2ccccc2)c2ccc(N)cc12)C(F)(F)F.CCOC(C(=O)O)(c1cn(Cc2ccccc2)c2ccc(N)cc12)C(F)(F)F. The molecule has 0 fully saturated rings. The van der Waals surface area contributed by atoms with Crippen molar-refractivity contribution in [2.45, 2.75) is 50.5 Å². The highest BCUT2D eigenvalue weighted by molar-refractivity contribution is 5.95. The van der Waals surface area contributed by atoms with Gasteiger partial charge in [-0.15, -0.1) is 0 Å². The number of ether oxygens (including phenoxy) is 2. The van der Waals surface area contributed by atoms with E-state index in [1.165, 1.54) is 36.7 Å².